The maximum Gasteiger partial charge on any atom is 0.308 e. The molecule has 0 spiro atoms. The van der Waals surface area contributed by atoms with Gasteiger partial charge in [0.25, 0.3) is 5.91 Å². The maximum absolute atomic E-state index is 13.3. The van der Waals surface area contributed by atoms with E-state index in [9.17, 15) is 14.0 Å². The molecule has 108 valence electrons. The van der Waals surface area contributed by atoms with Crippen molar-refractivity contribution in [1.29, 1.82) is 0 Å². The van der Waals surface area contributed by atoms with Crippen LogP contribution in [0, 0.1) is 17.7 Å². The lowest BCUT2D eigenvalue weighted by Gasteiger charge is -2.34. The highest BCUT2D eigenvalue weighted by molar-refractivity contribution is 9.10. The average molecular weight is 344 g/mol. The lowest BCUT2D eigenvalue weighted by molar-refractivity contribution is -0.143. The van der Waals surface area contributed by atoms with Crippen LogP contribution in [0.5, 0.6) is 0 Å². The third-order valence-electron chi connectivity index (χ3n) is 3.45. The Bertz CT molecular complexity index is 549. The first-order valence-electron chi connectivity index (χ1n) is 6.35. The first kappa shape index (κ1) is 15.0. The third-order valence-corrected chi connectivity index (χ3v) is 4.15. The summed E-state index contributed by atoms with van der Waals surface area (Å²) in [5.74, 6) is -2.17. The topological polar surface area (TPSA) is 57.6 Å². The number of aliphatic carboxylic acids is 1. The second-order valence-electron chi connectivity index (χ2n) is 5.21. The molecule has 1 aromatic carbocycles. The molecule has 1 heterocycles. The van der Waals surface area contributed by atoms with Crippen molar-refractivity contribution in [3.05, 3.63) is 34.1 Å². The van der Waals surface area contributed by atoms with Gasteiger partial charge in [-0.2, -0.15) is 0 Å². The van der Waals surface area contributed by atoms with Crippen molar-refractivity contribution in [2.75, 3.05) is 13.1 Å². The van der Waals surface area contributed by atoms with E-state index in [1.54, 1.807) is 0 Å². The number of piperidine rings is 1. The molecule has 1 N–H and O–H groups in total. The van der Waals surface area contributed by atoms with Gasteiger partial charge in [-0.25, -0.2) is 4.39 Å². The number of carboxylic acids is 1. The molecule has 0 aliphatic carbocycles. The molecular formula is C14H15BrFNO3. The van der Waals surface area contributed by atoms with Gasteiger partial charge >= 0.3 is 5.97 Å². The Balaban J connectivity index is 2.23. The SMILES string of the molecule is CC1CC(C(=O)O)CN(C(=O)c2cc(F)ccc2Br)C1. The van der Waals surface area contributed by atoms with E-state index in [1.165, 1.54) is 23.1 Å². The number of hydrogen-bond acceptors (Lipinski definition) is 2. The van der Waals surface area contributed by atoms with Crippen LogP contribution in [-0.4, -0.2) is 35.0 Å². The van der Waals surface area contributed by atoms with Crippen LogP contribution in [0.4, 0.5) is 4.39 Å². The summed E-state index contributed by atoms with van der Waals surface area (Å²) in [5, 5.41) is 9.12. The minimum Gasteiger partial charge on any atom is -0.481 e. The number of carbonyl (C=O) groups excluding carboxylic acids is 1. The molecule has 2 rings (SSSR count). The van der Waals surface area contributed by atoms with Crippen molar-refractivity contribution in [2.24, 2.45) is 11.8 Å². The van der Waals surface area contributed by atoms with Gasteiger partial charge in [0.2, 0.25) is 0 Å². The summed E-state index contributed by atoms with van der Waals surface area (Å²) in [6.45, 7) is 2.57. The van der Waals surface area contributed by atoms with Gasteiger partial charge in [0.15, 0.2) is 0 Å². The minimum absolute atomic E-state index is 0.112. The number of halogens is 2. The number of rotatable bonds is 2. The van der Waals surface area contributed by atoms with E-state index in [2.05, 4.69) is 15.9 Å². The normalized spacial score (nSPS) is 22.6. The summed E-state index contributed by atoms with van der Waals surface area (Å²) >= 11 is 3.23. The summed E-state index contributed by atoms with van der Waals surface area (Å²) in [4.78, 5) is 25.0. The molecule has 0 aromatic heterocycles. The Morgan fingerprint density at radius 2 is 2.10 bits per heavy atom. The third kappa shape index (κ3) is 3.17. The van der Waals surface area contributed by atoms with E-state index in [4.69, 9.17) is 5.11 Å². The molecule has 1 amide bonds. The van der Waals surface area contributed by atoms with Crippen LogP contribution in [0.15, 0.2) is 22.7 Å². The lowest BCUT2D eigenvalue weighted by Crippen LogP contribution is -2.45. The first-order chi connectivity index (χ1) is 9.38. The van der Waals surface area contributed by atoms with E-state index in [0.717, 1.165) is 0 Å². The quantitative estimate of drug-likeness (QED) is 0.898. The van der Waals surface area contributed by atoms with Gasteiger partial charge < -0.3 is 10.0 Å². The summed E-state index contributed by atoms with van der Waals surface area (Å²) in [5.41, 5.74) is 0.225. The van der Waals surface area contributed by atoms with E-state index < -0.39 is 17.7 Å². The fraction of sp³-hybridized carbons (Fsp3) is 0.429. The molecule has 4 nitrogen and oxygen atoms in total. The monoisotopic (exact) mass is 343 g/mol. The molecule has 1 aliphatic rings. The fourth-order valence-corrected chi connectivity index (χ4v) is 2.94. The predicted octanol–water partition coefficient (Wildman–Crippen LogP) is 2.77. The van der Waals surface area contributed by atoms with Crippen LogP contribution in [0.1, 0.15) is 23.7 Å². The standard InChI is InChI=1S/C14H15BrFNO3/c1-8-4-9(14(19)20)7-17(6-8)13(18)11-5-10(16)2-3-12(11)15/h2-3,5,8-9H,4,6-7H2,1H3,(H,19,20). The molecule has 0 saturated carbocycles. The lowest BCUT2D eigenvalue weighted by atomic mass is 9.90. The number of carboxylic acid groups (broad SMARTS) is 1. The van der Waals surface area contributed by atoms with Crippen LogP contribution >= 0.6 is 15.9 Å². The van der Waals surface area contributed by atoms with E-state index in [0.29, 0.717) is 17.4 Å². The van der Waals surface area contributed by atoms with Gasteiger partial charge in [-0.05, 0) is 46.5 Å². The zero-order valence-electron chi connectivity index (χ0n) is 11.0. The fourth-order valence-electron chi connectivity index (χ4n) is 2.53. The number of benzene rings is 1. The highest BCUT2D eigenvalue weighted by atomic mass is 79.9. The zero-order valence-corrected chi connectivity index (χ0v) is 12.6. The Labute approximate surface area is 124 Å². The molecule has 0 radical (unpaired) electrons. The Kier molecular flexibility index (Phi) is 4.42. The maximum atomic E-state index is 13.3. The molecule has 1 fully saturated rings. The second-order valence-corrected chi connectivity index (χ2v) is 6.06. The largest absolute Gasteiger partial charge is 0.481 e. The molecule has 1 aliphatic heterocycles. The molecule has 1 aromatic rings. The van der Waals surface area contributed by atoms with Gasteiger partial charge in [0, 0.05) is 17.6 Å². The zero-order chi connectivity index (χ0) is 14.9. The molecule has 6 heteroatoms. The second kappa shape index (κ2) is 5.91. The molecule has 20 heavy (non-hydrogen) atoms. The highest BCUT2D eigenvalue weighted by Gasteiger charge is 2.32. The van der Waals surface area contributed by atoms with Crippen molar-refractivity contribution in [2.45, 2.75) is 13.3 Å². The predicted molar refractivity (Wildman–Crippen MR) is 74.9 cm³/mol. The number of likely N-dealkylation sites (tertiary alicyclic amines) is 1. The molecule has 2 atom stereocenters. The summed E-state index contributed by atoms with van der Waals surface area (Å²) < 4.78 is 13.8. The van der Waals surface area contributed by atoms with Crippen LogP contribution in [0.3, 0.4) is 0 Å². The van der Waals surface area contributed by atoms with Crippen molar-refractivity contribution < 1.29 is 19.1 Å². The van der Waals surface area contributed by atoms with E-state index in [1.807, 2.05) is 6.92 Å². The smallest absolute Gasteiger partial charge is 0.308 e. The van der Waals surface area contributed by atoms with Crippen molar-refractivity contribution in [1.82, 2.24) is 4.90 Å². The van der Waals surface area contributed by atoms with Gasteiger partial charge in [0.1, 0.15) is 5.82 Å². The van der Waals surface area contributed by atoms with Crippen molar-refractivity contribution in [3.63, 3.8) is 0 Å². The van der Waals surface area contributed by atoms with E-state index >= 15 is 0 Å². The van der Waals surface area contributed by atoms with Gasteiger partial charge in [-0.3, -0.25) is 9.59 Å². The van der Waals surface area contributed by atoms with Gasteiger partial charge in [0.05, 0.1) is 11.5 Å². The van der Waals surface area contributed by atoms with Crippen LogP contribution in [-0.2, 0) is 4.79 Å². The summed E-state index contributed by atoms with van der Waals surface area (Å²) in [6, 6.07) is 3.91. The average Bonchev–Trinajstić information content (AvgIpc) is 2.40. The first-order valence-corrected chi connectivity index (χ1v) is 7.15. The van der Waals surface area contributed by atoms with Gasteiger partial charge in [-0.15, -0.1) is 0 Å². The number of amides is 1. The van der Waals surface area contributed by atoms with Crippen molar-refractivity contribution >= 4 is 27.8 Å². The van der Waals surface area contributed by atoms with Crippen LogP contribution < -0.4 is 0 Å². The molecule has 1 saturated heterocycles. The number of hydrogen-bond donors (Lipinski definition) is 1. The number of carbonyl (C=O) groups is 2. The van der Waals surface area contributed by atoms with Crippen LogP contribution in [0.2, 0.25) is 0 Å². The summed E-state index contributed by atoms with van der Waals surface area (Å²) in [7, 11) is 0. The Hall–Kier alpha value is -1.43. The molecule has 2 unspecified atom stereocenters. The Morgan fingerprint density at radius 1 is 1.40 bits per heavy atom. The summed E-state index contributed by atoms with van der Waals surface area (Å²) in [6.07, 6.45) is 0.559. The molecule has 0 bridgehead atoms. The van der Waals surface area contributed by atoms with Crippen molar-refractivity contribution in [3.8, 4) is 0 Å². The number of nitrogens with zero attached hydrogens (tertiary/aromatic N) is 1. The van der Waals surface area contributed by atoms with Crippen LogP contribution in [0.25, 0.3) is 0 Å². The Morgan fingerprint density at radius 3 is 2.75 bits per heavy atom. The van der Waals surface area contributed by atoms with E-state index in [-0.39, 0.29) is 23.9 Å². The molecular weight excluding hydrogens is 329 g/mol. The minimum atomic E-state index is -0.896. The van der Waals surface area contributed by atoms with Gasteiger partial charge in [-0.1, -0.05) is 6.92 Å². The highest BCUT2D eigenvalue weighted by Crippen LogP contribution is 2.26.